The van der Waals surface area contributed by atoms with Gasteiger partial charge in [0.15, 0.2) is 5.82 Å². The van der Waals surface area contributed by atoms with Crippen LogP contribution in [0.3, 0.4) is 0 Å². The number of nitrogens with two attached hydrogens (primary N) is 1. The van der Waals surface area contributed by atoms with E-state index in [9.17, 15) is 4.79 Å². The second-order valence-electron chi connectivity index (χ2n) is 4.55. The van der Waals surface area contributed by atoms with Gasteiger partial charge in [0.25, 0.3) is 0 Å². The normalized spacial score (nSPS) is 10.0. The molecule has 1 aromatic rings. The van der Waals surface area contributed by atoms with Gasteiger partial charge in [0, 0.05) is 27.2 Å². The fraction of sp³-hybridized carbons (Fsp3) is 0.500. The van der Waals surface area contributed by atoms with E-state index in [2.05, 4.69) is 20.8 Å². The lowest BCUT2D eigenvalue weighted by Gasteiger charge is -2.14. The minimum absolute atomic E-state index is 0.146. The molecule has 0 aliphatic rings. The van der Waals surface area contributed by atoms with Crippen LogP contribution in [-0.4, -0.2) is 53.3 Å². The lowest BCUT2D eigenvalue weighted by Crippen LogP contribution is -2.37. The molecule has 0 aromatic carbocycles. The third-order valence-corrected chi connectivity index (χ3v) is 3.00. The Hall–Kier alpha value is -1.96. The zero-order chi connectivity index (χ0) is 15.3. The first kappa shape index (κ1) is 16.1. The van der Waals surface area contributed by atoms with Gasteiger partial charge in [0.05, 0.1) is 11.3 Å². The summed E-state index contributed by atoms with van der Waals surface area (Å²) in [6, 6.07) is -0.146. The fourth-order valence-corrected chi connectivity index (χ4v) is 1.79. The molecule has 0 bridgehead atoms. The van der Waals surface area contributed by atoms with Crippen LogP contribution in [0.4, 0.5) is 10.6 Å². The molecule has 0 saturated heterocycles. The van der Waals surface area contributed by atoms with Gasteiger partial charge < -0.3 is 21.3 Å². The molecule has 0 fully saturated rings. The minimum Gasteiger partial charge on any atom is -0.389 e. The first-order chi connectivity index (χ1) is 9.34. The number of carbonyl (C=O) groups excluding carboxylic acids is 1. The molecular formula is C12H20N6OS. The van der Waals surface area contributed by atoms with E-state index in [1.54, 1.807) is 14.1 Å². The first-order valence-electron chi connectivity index (χ1n) is 6.17. The zero-order valence-corrected chi connectivity index (χ0v) is 13.0. The lowest BCUT2D eigenvalue weighted by molar-refractivity contribution is 0.218. The highest BCUT2D eigenvalue weighted by molar-refractivity contribution is 7.80. The van der Waals surface area contributed by atoms with E-state index in [4.69, 9.17) is 18.0 Å². The average Bonchev–Trinajstić information content (AvgIpc) is 2.37. The number of hydrogen-bond donors (Lipinski definition) is 3. The Morgan fingerprint density at radius 1 is 1.30 bits per heavy atom. The molecule has 0 spiro atoms. The van der Waals surface area contributed by atoms with Crippen molar-refractivity contribution in [3.63, 3.8) is 0 Å². The number of aromatic nitrogens is 2. The summed E-state index contributed by atoms with van der Waals surface area (Å²) >= 11 is 5.04. The Balaban J connectivity index is 2.67. The predicted molar refractivity (Wildman–Crippen MR) is 83.0 cm³/mol. The molecule has 0 aliphatic heterocycles. The van der Waals surface area contributed by atoms with Gasteiger partial charge in [0.2, 0.25) is 0 Å². The van der Waals surface area contributed by atoms with Crippen molar-refractivity contribution in [3.8, 4) is 0 Å². The van der Waals surface area contributed by atoms with E-state index in [-0.39, 0.29) is 11.0 Å². The predicted octanol–water partition coefficient (Wildman–Crippen LogP) is 0.411. The van der Waals surface area contributed by atoms with Crippen molar-refractivity contribution in [2.75, 3.05) is 32.5 Å². The first-order valence-corrected chi connectivity index (χ1v) is 6.58. The maximum Gasteiger partial charge on any atom is 0.316 e. The van der Waals surface area contributed by atoms with Crippen LogP contribution < -0.4 is 16.4 Å². The number of aryl methyl sites for hydroxylation is 1. The summed E-state index contributed by atoms with van der Waals surface area (Å²) in [6.45, 7) is 4.72. The number of thiocarbonyl (C=S) groups is 1. The van der Waals surface area contributed by atoms with Crippen molar-refractivity contribution in [1.82, 2.24) is 20.4 Å². The quantitative estimate of drug-likeness (QED) is 0.538. The molecule has 0 aliphatic carbocycles. The van der Waals surface area contributed by atoms with E-state index < -0.39 is 0 Å². The molecule has 20 heavy (non-hydrogen) atoms. The van der Waals surface area contributed by atoms with E-state index >= 15 is 0 Å². The third kappa shape index (κ3) is 4.02. The lowest BCUT2D eigenvalue weighted by atomic mass is 10.1. The topological polar surface area (TPSA) is 96.2 Å². The molecule has 0 atom stereocenters. The Morgan fingerprint density at radius 3 is 2.50 bits per heavy atom. The Kier molecular flexibility index (Phi) is 5.63. The number of urea groups is 1. The van der Waals surface area contributed by atoms with Crippen LogP contribution in [-0.2, 0) is 0 Å². The summed E-state index contributed by atoms with van der Waals surface area (Å²) in [5, 5.41) is 13.9. The molecule has 2 amide bonds. The van der Waals surface area contributed by atoms with Crippen LogP contribution in [0.25, 0.3) is 0 Å². The van der Waals surface area contributed by atoms with Gasteiger partial charge in [-0.2, -0.15) is 5.10 Å². The molecule has 1 rings (SSSR count). The van der Waals surface area contributed by atoms with Crippen molar-refractivity contribution in [3.05, 3.63) is 16.8 Å². The van der Waals surface area contributed by atoms with Gasteiger partial charge in [-0.3, -0.25) is 0 Å². The van der Waals surface area contributed by atoms with Crippen molar-refractivity contribution >= 4 is 29.1 Å². The fourth-order valence-electron chi connectivity index (χ4n) is 1.54. The summed E-state index contributed by atoms with van der Waals surface area (Å²) in [6.07, 6.45) is 0. The van der Waals surface area contributed by atoms with Crippen LogP contribution in [0, 0.1) is 13.8 Å². The Bertz CT molecular complexity index is 517. The van der Waals surface area contributed by atoms with Crippen LogP contribution in [0.15, 0.2) is 0 Å². The second-order valence-corrected chi connectivity index (χ2v) is 4.99. The highest BCUT2D eigenvalue weighted by Gasteiger charge is 2.13. The van der Waals surface area contributed by atoms with Gasteiger partial charge in [0.1, 0.15) is 4.99 Å². The molecule has 0 unspecified atom stereocenters. The van der Waals surface area contributed by atoms with Crippen LogP contribution in [0.2, 0.25) is 0 Å². The Labute approximate surface area is 123 Å². The molecule has 7 nitrogen and oxygen atoms in total. The summed E-state index contributed by atoms with van der Waals surface area (Å²) < 4.78 is 0. The molecule has 0 radical (unpaired) electrons. The SMILES string of the molecule is Cc1nnc(NCCNC(=O)N(C)C)c(C(N)=S)c1C. The zero-order valence-electron chi connectivity index (χ0n) is 12.1. The summed E-state index contributed by atoms with van der Waals surface area (Å²) in [5.41, 5.74) is 8.12. The monoisotopic (exact) mass is 296 g/mol. The number of amides is 2. The Morgan fingerprint density at radius 2 is 1.95 bits per heavy atom. The van der Waals surface area contributed by atoms with Gasteiger partial charge >= 0.3 is 6.03 Å². The van der Waals surface area contributed by atoms with Crippen molar-refractivity contribution in [1.29, 1.82) is 0 Å². The van der Waals surface area contributed by atoms with E-state index in [0.717, 1.165) is 11.3 Å². The maximum absolute atomic E-state index is 11.3. The molecular weight excluding hydrogens is 276 g/mol. The standard InChI is InChI=1S/C12H20N6OS/c1-7-8(2)16-17-11(9(7)10(13)20)14-5-6-15-12(19)18(3)4/h5-6H2,1-4H3,(H2,13,20)(H,14,17)(H,15,19). The largest absolute Gasteiger partial charge is 0.389 e. The molecule has 110 valence electrons. The smallest absolute Gasteiger partial charge is 0.316 e. The number of rotatable bonds is 5. The average molecular weight is 296 g/mol. The summed E-state index contributed by atoms with van der Waals surface area (Å²) in [7, 11) is 3.37. The van der Waals surface area contributed by atoms with Crippen molar-refractivity contribution in [2.24, 2.45) is 5.73 Å². The number of hydrogen-bond acceptors (Lipinski definition) is 5. The van der Waals surface area contributed by atoms with E-state index in [1.165, 1.54) is 4.90 Å². The molecule has 4 N–H and O–H groups in total. The number of nitrogens with one attached hydrogen (secondary N) is 2. The van der Waals surface area contributed by atoms with E-state index in [1.807, 2.05) is 13.8 Å². The molecule has 8 heteroatoms. The molecule has 0 saturated carbocycles. The summed E-state index contributed by atoms with van der Waals surface area (Å²) in [4.78, 5) is 13.1. The van der Waals surface area contributed by atoms with Gasteiger partial charge in [-0.1, -0.05) is 12.2 Å². The minimum atomic E-state index is -0.146. The van der Waals surface area contributed by atoms with Crippen molar-refractivity contribution in [2.45, 2.75) is 13.8 Å². The number of anilines is 1. The molecule has 1 heterocycles. The van der Waals surface area contributed by atoms with Gasteiger partial charge in [-0.15, -0.1) is 5.10 Å². The molecule has 1 aromatic heterocycles. The van der Waals surface area contributed by atoms with Crippen LogP contribution in [0.5, 0.6) is 0 Å². The van der Waals surface area contributed by atoms with Crippen LogP contribution in [0.1, 0.15) is 16.8 Å². The van der Waals surface area contributed by atoms with Crippen LogP contribution >= 0.6 is 12.2 Å². The summed E-state index contributed by atoms with van der Waals surface area (Å²) in [5.74, 6) is 0.541. The van der Waals surface area contributed by atoms with E-state index in [0.29, 0.717) is 24.5 Å². The highest BCUT2D eigenvalue weighted by Crippen LogP contribution is 2.17. The second kappa shape index (κ2) is 6.99. The van der Waals surface area contributed by atoms with Crippen molar-refractivity contribution < 1.29 is 4.79 Å². The number of carbonyl (C=O) groups is 1. The highest BCUT2D eigenvalue weighted by atomic mass is 32.1. The number of nitrogens with zero attached hydrogens (tertiary/aromatic N) is 3. The van der Waals surface area contributed by atoms with Gasteiger partial charge in [-0.25, -0.2) is 4.79 Å². The van der Waals surface area contributed by atoms with Gasteiger partial charge in [-0.05, 0) is 19.4 Å². The third-order valence-electron chi connectivity index (χ3n) is 2.80. The maximum atomic E-state index is 11.3.